The van der Waals surface area contributed by atoms with E-state index in [0.717, 1.165) is 13.0 Å². The zero-order chi connectivity index (χ0) is 14.4. The Bertz CT molecular complexity index is 540. The van der Waals surface area contributed by atoms with E-state index < -0.39 is 11.0 Å². The number of rotatable bonds is 7. The lowest BCUT2D eigenvalue weighted by Gasteiger charge is -2.11. The molecule has 5 nitrogen and oxygen atoms in total. The third-order valence-corrected chi connectivity index (χ3v) is 3.73. The van der Waals surface area contributed by atoms with Crippen molar-refractivity contribution < 1.29 is 10.0 Å². The number of thiophene rings is 1. The van der Waals surface area contributed by atoms with Gasteiger partial charge in [-0.05, 0) is 53.1 Å². The standard InChI is InChI=1S/C14H16N2O3S/c17-14(9-15-7-5-11-6-8-20-10-11)12-1-3-13(4-2-12)16(18)19/h1-4,6,8,10,14-15,17H,5,7,9H2. The molecule has 1 unspecified atom stereocenters. The van der Waals surface area contributed by atoms with Crippen LogP contribution in [0.2, 0.25) is 0 Å². The Hall–Kier alpha value is -1.76. The normalized spacial score (nSPS) is 12.2. The Balaban J connectivity index is 1.76. The highest BCUT2D eigenvalue weighted by Gasteiger charge is 2.10. The number of hydrogen-bond donors (Lipinski definition) is 2. The quantitative estimate of drug-likeness (QED) is 0.467. The van der Waals surface area contributed by atoms with Crippen molar-refractivity contribution in [2.45, 2.75) is 12.5 Å². The maximum Gasteiger partial charge on any atom is 0.269 e. The predicted octanol–water partition coefficient (Wildman–Crippen LogP) is 2.52. The maximum absolute atomic E-state index is 10.5. The van der Waals surface area contributed by atoms with Crippen LogP contribution < -0.4 is 5.32 Å². The lowest BCUT2D eigenvalue weighted by Crippen LogP contribution is -2.23. The summed E-state index contributed by atoms with van der Waals surface area (Å²) >= 11 is 1.67. The van der Waals surface area contributed by atoms with Gasteiger partial charge in [0.15, 0.2) is 0 Å². The summed E-state index contributed by atoms with van der Waals surface area (Å²) in [6, 6.07) is 8.07. The highest BCUT2D eigenvalue weighted by Crippen LogP contribution is 2.17. The maximum atomic E-state index is 10.5. The van der Waals surface area contributed by atoms with Crippen LogP contribution in [-0.4, -0.2) is 23.1 Å². The van der Waals surface area contributed by atoms with Gasteiger partial charge in [0.25, 0.3) is 5.69 Å². The molecule has 6 heteroatoms. The highest BCUT2D eigenvalue weighted by molar-refractivity contribution is 7.07. The molecule has 0 spiro atoms. The van der Waals surface area contributed by atoms with Crippen LogP contribution >= 0.6 is 11.3 Å². The number of aliphatic hydroxyl groups excluding tert-OH is 1. The first-order chi connectivity index (χ1) is 9.66. The summed E-state index contributed by atoms with van der Waals surface area (Å²) in [4.78, 5) is 10.1. The van der Waals surface area contributed by atoms with E-state index in [1.807, 2.05) is 5.38 Å². The van der Waals surface area contributed by atoms with E-state index in [9.17, 15) is 15.2 Å². The number of non-ortho nitro benzene ring substituents is 1. The molecule has 0 aliphatic heterocycles. The summed E-state index contributed by atoms with van der Waals surface area (Å²) in [5.74, 6) is 0. The summed E-state index contributed by atoms with van der Waals surface area (Å²) in [5, 5.41) is 27.8. The number of nitro groups is 1. The van der Waals surface area contributed by atoms with Crippen molar-refractivity contribution in [3.05, 3.63) is 62.3 Å². The molecule has 106 valence electrons. The third-order valence-electron chi connectivity index (χ3n) is 3.00. The Kier molecular flexibility index (Phi) is 5.23. The van der Waals surface area contributed by atoms with E-state index in [-0.39, 0.29) is 5.69 Å². The largest absolute Gasteiger partial charge is 0.387 e. The first kappa shape index (κ1) is 14.6. The van der Waals surface area contributed by atoms with Gasteiger partial charge in [-0.15, -0.1) is 0 Å². The summed E-state index contributed by atoms with van der Waals surface area (Å²) in [6.07, 6.45) is 0.273. The molecule has 1 heterocycles. The molecule has 0 saturated carbocycles. The molecule has 2 rings (SSSR count). The molecular weight excluding hydrogens is 276 g/mol. The molecule has 0 amide bonds. The van der Waals surface area contributed by atoms with Crippen LogP contribution in [0.4, 0.5) is 5.69 Å². The lowest BCUT2D eigenvalue weighted by molar-refractivity contribution is -0.384. The van der Waals surface area contributed by atoms with Crippen molar-refractivity contribution in [2.24, 2.45) is 0 Å². The smallest absolute Gasteiger partial charge is 0.269 e. The second-order valence-electron chi connectivity index (χ2n) is 4.45. The Morgan fingerprint density at radius 3 is 2.65 bits per heavy atom. The molecule has 0 aliphatic carbocycles. The fraction of sp³-hybridized carbons (Fsp3) is 0.286. The monoisotopic (exact) mass is 292 g/mol. The van der Waals surface area contributed by atoms with Gasteiger partial charge in [-0.3, -0.25) is 10.1 Å². The summed E-state index contributed by atoms with van der Waals surface area (Å²) in [7, 11) is 0. The molecule has 1 aromatic heterocycles. The zero-order valence-electron chi connectivity index (χ0n) is 10.9. The number of aliphatic hydroxyl groups is 1. The van der Waals surface area contributed by atoms with E-state index in [0.29, 0.717) is 12.1 Å². The van der Waals surface area contributed by atoms with Crippen molar-refractivity contribution in [2.75, 3.05) is 13.1 Å². The predicted molar refractivity (Wildman–Crippen MR) is 78.9 cm³/mol. The number of nitro benzene ring substituents is 1. The molecule has 0 fully saturated rings. The molecule has 0 radical (unpaired) electrons. The molecule has 2 aromatic rings. The first-order valence-corrected chi connectivity index (χ1v) is 7.25. The Morgan fingerprint density at radius 2 is 2.05 bits per heavy atom. The van der Waals surface area contributed by atoms with E-state index in [4.69, 9.17) is 0 Å². The second kappa shape index (κ2) is 7.14. The third kappa shape index (κ3) is 4.12. The van der Waals surface area contributed by atoms with Crippen molar-refractivity contribution in [3.63, 3.8) is 0 Å². The minimum atomic E-state index is -0.654. The molecule has 0 aliphatic rings. The average molecular weight is 292 g/mol. The highest BCUT2D eigenvalue weighted by atomic mass is 32.1. The summed E-state index contributed by atoms with van der Waals surface area (Å²) in [6.45, 7) is 1.22. The van der Waals surface area contributed by atoms with E-state index >= 15 is 0 Å². The van der Waals surface area contributed by atoms with E-state index in [2.05, 4.69) is 16.8 Å². The first-order valence-electron chi connectivity index (χ1n) is 6.31. The van der Waals surface area contributed by atoms with Crippen LogP contribution in [0.1, 0.15) is 17.2 Å². The van der Waals surface area contributed by atoms with Gasteiger partial charge < -0.3 is 10.4 Å². The average Bonchev–Trinajstić information content (AvgIpc) is 2.96. The van der Waals surface area contributed by atoms with Crippen LogP contribution in [0.25, 0.3) is 0 Å². The van der Waals surface area contributed by atoms with Crippen molar-refractivity contribution in [1.29, 1.82) is 0 Å². The summed E-state index contributed by atoms with van der Waals surface area (Å²) < 4.78 is 0. The van der Waals surface area contributed by atoms with Gasteiger partial charge >= 0.3 is 0 Å². The van der Waals surface area contributed by atoms with Crippen LogP contribution in [0, 0.1) is 10.1 Å². The number of benzene rings is 1. The number of hydrogen-bond acceptors (Lipinski definition) is 5. The summed E-state index contributed by atoms with van der Waals surface area (Å²) in [5.41, 5.74) is 2.00. The molecule has 0 saturated heterocycles. The molecule has 1 atom stereocenters. The molecular formula is C14H16N2O3S. The minimum Gasteiger partial charge on any atom is -0.387 e. The fourth-order valence-electron chi connectivity index (χ4n) is 1.84. The van der Waals surface area contributed by atoms with Crippen molar-refractivity contribution in [1.82, 2.24) is 5.32 Å². The lowest BCUT2D eigenvalue weighted by atomic mass is 10.1. The van der Waals surface area contributed by atoms with E-state index in [1.165, 1.54) is 17.7 Å². The molecule has 0 bridgehead atoms. The number of nitrogens with zero attached hydrogens (tertiary/aromatic N) is 1. The van der Waals surface area contributed by atoms with Crippen molar-refractivity contribution in [3.8, 4) is 0 Å². The Morgan fingerprint density at radius 1 is 1.30 bits per heavy atom. The second-order valence-corrected chi connectivity index (χ2v) is 5.23. The van der Waals surface area contributed by atoms with Gasteiger partial charge in [-0.25, -0.2) is 0 Å². The van der Waals surface area contributed by atoms with Gasteiger partial charge in [0, 0.05) is 18.7 Å². The van der Waals surface area contributed by atoms with Crippen LogP contribution in [0.5, 0.6) is 0 Å². The van der Waals surface area contributed by atoms with E-state index in [1.54, 1.807) is 23.5 Å². The van der Waals surface area contributed by atoms with Crippen LogP contribution in [0.3, 0.4) is 0 Å². The van der Waals surface area contributed by atoms with Gasteiger partial charge in [0.05, 0.1) is 11.0 Å². The Labute approximate surface area is 121 Å². The van der Waals surface area contributed by atoms with Gasteiger partial charge in [0.2, 0.25) is 0 Å². The SMILES string of the molecule is O=[N+]([O-])c1ccc(C(O)CNCCc2ccsc2)cc1. The molecule has 1 aromatic carbocycles. The van der Waals surface area contributed by atoms with Gasteiger partial charge in [-0.2, -0.15) is 11.3 Å². The zero-order valence-corrected chi connectivity index (χ0v) is 11.7. The van der Waals surface area contributed by atoms with Gasteiger partial charge in [0.1, 0.15) is 0 Å². The topological polar surface area (TPSA) is 75.4 Å². The van der Waals surface area contributed by atoms with Crippen LogP contribution in [-0.2, 0) is 6.42 Å². The molecule has 2 N–H and O–H groups in total. The minimum absolute atomic E-state index is 0.0337. The number of nitrogens with one attached hydrogen (secondary N) is 1. The fourth-order valence-corrected chi connectivity index (χ4v) is 2.55. The van der Waals surface area contributed by atoms with Gasteiger partial charge in [-0.1, -0.05) is 0 Å². The molecule has 20 heavy (non-hydrogen) atoms. The van der Waals surface area contributed by atoms with Crippen LogP contribution in [0.15, 0.2) is 41.1 Å². The van der Waals surface area contributed by atoms with Crippen molar-refractivity contribution >= 4 is 17.0 Å².